The molecule has 0 atom stereocenters. The van der Waals surface area contributed by atoms with Crippen molar-refractivity contribution in [3.63, 3.8) is 0 Å². The molecule has 0 fully saturated rings. The summed E-state index contributed by atoms with van der Waals surface area (Å²) in [4.78, 5) is 12.0. The fourth-order valence-corrected chi connectivity index (χ4v) is 1.86. The fraction of sp³-hybridized carbons (Fsp3) is 0.294. The van der Waals surface area contributed by atoms with Crippen LogP contribution in [-0.2, 0) is 5.41 Å². The molecule has 0 unspecified atom stereocenters. The van der Waals surface area contributed by atoms with Crippen molar-refractivity contribution in [3.8, 4) is 0 Å². The second kappa shape index (κ2) is 5.95. The number of nitrogens with zero attached hydrogens (tertiary/aromatic N) is 1. The molecule has 1 aromatic carbocycles. The van der Waals surface area contributed by atoms with Gasteiger partial charge in [-0.05, 0) is 42.2 Å². The van der Waals surface area contributed by atoms with Crippen molar-refractivity contribution in [2.75, 3.05) is 0 Å². The average Bonchev–Trinajstić information content (AvgIpc) is 2.98. The summed E-state index contributed by atoms with van der Waals surface area (Å²) >= 11 is 0. The number of carbonyl (C=O) groups is 1. The molecule has 0 bridgehead atoms. The molecule has 0 saturated carbocycles. The van der Waals surface area contributed by atoms with Crippen molar-refractivity contribution in [2.24, 2.45) is 5.10 Å². The van der Waals surface area contributed by atoms with Gasteiger partial charge in [0.05, 0.1) is 6.26 Å². The Hall–Kier alpha value is -2.36. The normalized spacial score (nSPS) is 12.3. The zero-order valence-electron chi connectivity index (χ0n) is 12.8. The van der Waals surface area contributed by atoms with E-state index in [1.54, 1.807) is 25.3 Å². The molecule has 0 aliphatic heterocycles. The summed E-state index contributed by atoms with van der Waals surface area (Å²) in [7, 11) is 0. The maximum absolute atomic E-state index is 12.0. The van der Waals surface area contributed by atoms with Crippen LogP contribution in [0.1, 0.15) is 49.4 Å². The number of carbonyl (C=O) groups excluding carboxylic acids is 1. The molecule has 1 heterocycles. The standard InChI is InChI=1S/C17H20N2O2/c1-12(15-6-5-11-21-15)18-19-16(20)13-7-9-14(10-8-13)17(2,3)4/h5-11H,1-4H3,(H,19,20). The lowest BCUT2D eigenvalue weighted by atomic mass is 9.87. The summed E-state index contributed by atoms with van der Waals surface area (Å²) in [6.45, 7) is 8.19. The maximum atomic E-state index is 12.0. The van der Waals surface area contributed by atoms with Gasteiger partial charge in [-0.1, -0.05) is 32.9 Å². The number of benzene rings is 1. The van der Waals surface area contributed by atoms with Crippen LogP contribution in [0.15, 0.2) is 52.2 Å². The molecule has 1 amide bonds. The Morgan fingerprint density at radius 3 is 2.33 bits per heavy atom. The molecule has 4 nitrogen and oxygen atoms in total. The number of amides is 1. The Balaban J connectivity index is 2.06. The zero-order valence-corrected chi connectivity index (χ0v) is 12.8. The van der Waals surface area contributed by atoms with Crippen LogP contribution >= 0.6 is 0 Å². The van der Waals surface area contributed by atoms with E-state index in [1.807, 2.05) is 24.3 Å². The van der Waals surface area contributed by atoms with Gasteiger partial charge in [0.15, 0.2) is 0 Å². The molecule has 1 N–H and O–H groups in total. The van der Waals surface area contributed by atoms with E-state index >= 15 is 0 Å². The predicted molar refractivity (Wildman–Crippen MR) is 83.5 cm³/mol. The Kier molecular flexibility index (Phi) is 4.26. The smallest absolute Gasteiger partial charge is 0.271 e. The molecule has 0 aliphatic rings. The fourth-order valence-electron chi connectivity index (χ4n) is 1.86. The van der Waals surface area contributed by atoms with Crippen LogP contribution in [0.4, 0.5) is 0 Å². The van der Waals surface area contributed by atoms with Crippen molar-refractivity contribution >= 4 is 11.6 Å². The SMILES string of the molecule is CC(=NNC(=O)c1ccc(C(C)(C)C)cc1)c1ccco1. The Morgan fingerprint density at radius 1 is 1.14 bits per heavy atom. The van der Waals surface area contributed by atoms with E-state index in [-0.39, 0.29) is 11.3 Å². The lowest BCUT2D eigenvalue weighted by Gasteiger charge is -2.18. The third kappa shape index (κ3) is 3.81. The highest BCUT2D eigenvalue weighted by molar-refractivity contribution is 5.99. The summed E-state index contributed by atoms with van der Waals surface area (Å²) in [5.41, 5.74) is 5.00. The second-order valence-corrected chi connectivity index (χ2v) is 5.94. The first-order valence-electron chi connectivity index (χ1n) is 6.87. The van der Waals surface area contributed by atoms with Gasteiger partial charge in [-0.15, -0.1) is 0 Å². The van der Waals surface area contributed by atoms with E-state index in [1.165, 1.54) is 5.56 Å². The summed E-state index contributed by atoms with van der Waals surface area (Å²) in [6.07, 6.45) is 1.57. The molecular weight excluding hydrogens is 264 g/mol. The first-order valence-corrected chi connectivity index (χ1v) is 6.87. The number of nitrogens with one attached hydrogen (secondary N) is 1. The van der Waals surface area contributed by atoms with E-state index < -0.39 is 0 Å². The summed E-state index contributed by atoms with van der Waals surface area (Å²) in [5.74, 6) is 0.403. The van der Waals surface area contributed by atoms with Gasteiger partial charge in [0, 0.05) is 5.56 Å². The van der Waals surface area contributed by atoms with Crippen molar-refractivity contribution in [3.05, 3.63) is 59.5 Å². The molecule has 1 aromatic heterocycles. The summed E-state index contributed by atoms with van der Waals surface area (Å²) in [6, 6.07) is 11.1. The number of hydrogen-bond acceptors (Lipinski definition) is 3. The zero-order chi connectivity index (χ0) is 15.5. The second-order valence-electron chi connectivity index (χ2n) is 5.94. The Morgan fingerprint density at radius 2 is 1.81 bits per heavy atom. The van der Waals surface area contributed by atoms with Crippen molar-refractivity contribution < 1.29 is 9.21 Å². The van der Waals surface area contributed by atoms with E-state index in [2.05, 4.69) is 31.3 Å². The first kappa shape index (κ1) is 15.0. The third-order valence-corrected chi connectivity index (χ3v) is 3.22. The number of furan rings is 1. The maximum Gasteiger partial charge on any atom is 0.271 e. The highest BCUT2D eigenvalue weighted by Gasteiger charge is 2.14. The topological polar surface area (TPSA) is 54.6 Å². The van der Waals surface area contributed by atoms with Crippen LogP contribution in [0.2, 0.25) is 0 Å². The summed E-state index contributed by atoms with van der Waals surface area (Å²) < 4.78 is 5.20. The number of hydrogen-bond donors (Lipinski definition) is 1. The minimum Gasteiger partial charge on any atom is -0.463 e. The molecule has 2 rings (SSSR count). The molecule has 0 spiro atoms. The van der Waals surface area contributed by atoms with Crippen molar-refractivity contribution in [2.45, 2.75) is 33.1 Å². The van der Waals surface area contributed by atoms with Crippen molar-refractivity contribution in [1.82, 2.24) is 5.43 Å². The molecule has 0 aliphatic carbocycles. The van der Waals surface area contributed by atoms with Gasteiger partial charge in [-0.25, -0.2) is 5.43 Å². The average molecular weight is 284 g/mol. The molecule has 0 radical (unpaired) electrons. The van der Waals surface area contributed by atoms with Crippen LogP contribution in [0.25, 0.3) is 0 Å². The molecule has 4 heteroatoms. The molecule has 21 heavy (non-hydrogen) atoms. The first-order chi connectivity index (χ1) is 9.88. The number of hydrazone groups is 1. The summed E-state index contributed by atoms with van der Waals surface area (Å²) in [5, 5.41) is 4.04. The van der Waals surface area contributed by atoms with E-state index in [0.29, 0.717) is 17.0 Å². The molecular formula is C17H20N2O2. The van der Waals surface area contributed by atoms with Gasteiger partial charge >= 0.3 is 0 Å². The minimum absolute atomic E-state index is 0.0725. The van der Waals surface area contributed by atoms with Gasteiger partial charge in [-0.2, -0.15) is 5.10 Å². The van der Waals surface area contributed by atoms with E-state index in [4.69, 9.17) is 4.42 Å². The molecule has 0 saturated heterocycles. The third-order valence-electron chi connectivity index (χ3n) is 3.22. The van der Waals surface area contributed by atoms with Crippen LogP contribution in [0.5, 0.6) is 0 Å². The van der Waals surface area contributed by atoms with Crippen LogP contribution in [0.3, 0.4) is 0 Å². The van der Waals surface area contributed by atoms with Gasteiger partial charge < -0.3 is 4.42 Å². The van der Waals surface area contributed by atoms with Crippen LogP contribution in [0, 0.1) is 0 Å². The highest BCUT2D eigenvalue weighted by Crippen LogP contribution is 2.22. The van der Waals surface area contributed by atoms with E-state index in [9.17, 15) is 4.79 Å². The monoisotopic (exact) mass is 284 g/mol. The lowest BCUT2D eigenvalue weighted by molar-refractivity contribution is 0.0954. The molecule has 2 aromatic rings. The van der Waals surface area contributed by atoms with Gasteiger partial charge in [-0.3, -0.25) is 4.79 Å². The minimum atomic E-state index is -0.235. The Labute approximate surface area is 124 Å². The predicted octanol–water partition coefficient (Wildman–Crippen LogP) is 3.73. The van der Waals surface area contributed by atoms with Crippen molar-refractivity contribution in [1.29, 1.82) is 0 Å². The largest absolute Gasteiger partial charge is 0.463 e. The quantitative estimate of drug-likeness (QED) is 0.689. The van der Waals surface area contributed by atoms with Gasteiger partial charge in [0.2, 0.25) is 0 Å². The Bertz CT molecular complexity index is 632. The van der Waals surface area contributed by atoms with Gasteiger partial charge in [0.1, 0.15) is 11.5 Å². The van der Waals surface area contributed by atoms with E-state index in [0.717, 1.165) is 0 Å². The lowest BCUT2D eigenvalue weighted by Crippen LogP contribution is -2.19. The number of rotatable bonds is 3. The van der Waals surface area contributed by atoms with Crippen LogP contribution < -0.4 is 5.43 Å². The van der Waals surface area contributed by atoms with Crippen LogP contribution in [-0.4, -0.2) is 11.6 Å². The van der Waals surface area contributed by atoms with Gasteiger partial charge in [0.25, 0.3) is 5.91 Å². The highest BCUT2D eigenvalue weighted by atomic mass is 16.3. The molecule has 110 valence electrons.